The van der Waals surface area contributed by atoms with Crippen LogP contribution >= 0.6 is 0 Å². The van der Waals surface area contributed by atoms with Gasteiger partial charge < -0.3 is 20.1 Å². The molecule has 0 spiro atoms. The van der Waals surface area contributed by atoms with E-state index in [1.54, 1.807) is 0 Å². The lowest BCUT2D eigenvalue weighted by Crippen LogP contribution is -2.35. The maximum Gasteiger partial charge on any atom is 0.139 e. The number of morpholine rings is 1. The van der Waals surface area contributed by atoms with Crippen LogP contribution in [0.2, 0.25) is 0 Å². The summed E-state index contributed by atoms with van der Waals surface area (Å²) in [7, 11) is 0. The molecule has 33 heavy (non-hydrogen) atoms. The number of hydrogen-bond donors (Lipinski definition) is 3. The molecule has 6 heteroatoms. The average molecular weight is 449 g/mol. The Morgan fingerprint density at radius 2 is 1.88 bits per heavy atom. The molecule has 2 aromatic heterocycles. The van der Waals surface area contributed by atoms with Crippen LogP contribution < -0.4 is 5.32 Å². The summed E-state index contributed by atoms with van der Waals surface area (Å²) in [6.07, 6.45) is 7.71. The Morgan fingerprint density at radius 1 is 1.12 bits per heavy atom. The zero-order valence-corrected chi connectivity index (χ0v) is 19.6. The second-order valence-electron chi connectivity index (χ2n) is 9.59. The Hall–Kier alpha value is -2.41. The Kier molecular flexibility index (Phi) is 6.95. The molecule has 0 unspecified atom stereocenters. The van der Waals surface area contributed by atoms with Crippen molar-refractivity contribution in [2.45, 2.75) is 64.1 Å². The number of rotatable bonds is 7. The van der Waals surface area contributed by atoms with Crippen molar-refractivity contribution in [3.05, 3.63) is 47.8 Å². The number of hydrogen-bond acceptors (Lipinski definition) is 5. The Bertz CT molecular complexity index is 1050. The van der Waals surface area contributed by atoms with Crippen LogP contribution in [0.5, 0.6) is 0 Å². The zero-order valence-electron chi connectivity index (χ0n) is 19.6. The maximum atomic E-state index is 9.95. The van der Waals surface area contributed by atoms with E-state index in [0.29, 0.717) is 6.04 Å². The summed E-state index contributed by atoms with van der Waals surface area (Å²) in [5.74, 6) is 0. The van der Waals surface area contributed by atoms with Crippen LogP contribution in [-0.2, 0) is 17.7 Å². The van der Waals surface area contributed by atoms with Gasteiger partial charge in [0.1, 0.15) is 5.65 Å². The van der Waals surface area contributed by atoms with E-state index >= 15 is 0 Å². The van der Waals surface area contributed by atoms with Crippen molar-refractivity contribution in [2.75, 3.05) is 31.6 Å². The standard InChI is InChI=1S/C27H36N4O2/c1-2-3-22-16-24-26(29-21-8-10-23(32)11-9-21)25(17-28-27(24)30-22)20-6-4-19(5-7-20)18-31-12-14-33-15-13-31/h4-7,16-17,21,23,32H,2-3,8-15,18H2,1H3,(H2,28,29,30)/t21-,23-. The first-order valence-corrected chi connectivity index (χ1v) is 12.5. The molecule has 1 aromatic carbocycles. The van der Waals surface area contributed by atoms with Gasteiger partial charge in [0.25, 0.3) is 0 Å². The molecular formula is C27H36N4O2. The van der Waals surface area contributed by atoms with Crippen LogP contribution in [0.15, 0.2) is 36.5 Å². The first kappa shape index (κ1) is 22.4. The summed E-state index contributed by atoms with van der Waals surface area (Å²) in [6.45, 7) is 6.82. The molecular weight excluding hydrogens is 412 g/mol. The first-order chi connectivity index (χ1) is 16.2. The van der Waals surface area contributed by atoms with Crippen LogP contribution in [0, 0.1) is 0 Å². The summed E-state index contributed by atoms with van der Waals surface area (Å²) in [4.78, 5) is 10.7. The van der Waals surface area contributed by atoms with Gasteiger partial charge in [-0.25, -0.2) is 4.98 Å². The number of anilines is 1. The molecule has 6 nitrogen and oxygen atoms in total. The van der Waals surface area contributed by atoms with Gasteiger partial charge in [0.05, 0.1) is 25.0 Å². The number of benzene rings is 1. The molecule has 3 heterocycles. The highest BCUT2D eigenvalue weighted by Gasteiger charge is 2.22. The predicted octanol–water partition coefficient (Wildman–Crippen LogP) is 4.73. The van der Waals surface area contributed by atoms with Gasteiger partial charge in [0, 0.05) is 48.5 Å². The number of aromatic nitrogens is 2. The van der Waals surface area contributed by atoms with Crippen molar-refractivity contribution < 1.29 is 9.84 Å². The molecule has 2 aliphatic rings. The predicted molar refractivity (Wildman–Crippen MR) is 134 cm³/mol. The van der Waals surface area contributed by atoms with E-state index in [4.69, 9.17) is 9.72 Å². The lowest BCUT2D eigenvalue weighted by Gasteiger charge is -2.28. The number of fused-ring (bicyclic) bond motifs is 1. The number of pyridine rings is 1. The average Bonchev–Trinajstić information content (AvgIpc) is 3.25. The minimum Gasteiger partial charge on any atom is -0.393 e. The smallest absolute Gasteiger partial charge is 0.139 e. The minimum absolute atomic E-state index is 0.151. The van der Waals surface area contributed by atoms with Crippen LogP contribution in [0.3, 0.4) is 0 Å². The van der Waals surface area contributed by atoms with E-state index in [1.165, 1.54) is 27.9 Å². The van der Waals surface area contributed by atoms with Gasteiger partial charge in [-0.05, 0) is 49.3 Å². The summed E-state index contributed by atoms with van der Waals surface area (Å²) in [5, 5.41) is 15.0. The zero-order chi connectivity index (χ0) is 22.6. The minimum atomic E-state index is -0.151. The molecule has 0 atom stereocenters. The number of aliphatic hydroxyl groups is 1. The van der Waals surface area contributed by atoms with Crippen molar-refractivity contribution in [1.82, 2.24) is 14.9 Å². The molecule has 2 fully saturated rings. The number of ether oxygens (including phenoxy) is 1. The van der Waals surface area contributed by atoms with E-state index < -0.39 is 0 Å². The third kappa shape index (κ3) is 5.24. The van der Waals surface area contributed by atoms with E-state index in [2.05, 4.69) is 52.5 Å². The number of nitrogens with zero attached hydrogens (tertiary/aromatic N) is 2. The van der Waals surface area contributed by atoms with Crippen molar-refractivity contribution in [1.29, 1.82) is 0 Å². The largest absolute Gasteiger partial charge is 0.393 e. The molecule has 1 aliphatic carbocycles. The SMILES string of the molecule is CCCc1cc2c(N[C@H]3CC[C@H](O)CC3)c(-c3ccc(CN4CCOCC4)cc3)cnc2[nH]1. The lowest BCUT2D eigenvalue weighted by atomic mass is 9.92. The summed E-state index contributed by atoms with van der Waals surface area (Å²) < 4.78 is 5.48. The van der Waals surface area contributed by atoms with Gasteiger partial charge in [-0.15, -0.1) is 0 Å². The van der Waals surface area contributed by atoms with E-state index in [1.807, 2.05) is 6.20 Å². The van der Waals surface area contributed by atoms with Crippen LogP contribution in [0.25, 0.3) is 22.2 Å². The normalized spacial score (nSPS) is 22.0. The van der Waals surface area contributed by atoms with Crippen LogP contribution in [-0.4, -0.2) is 58.4 Å². The maximum absolute atomic E-state index is 9.95. The second-order valence-corrected chi connectivity index (χ2v) is 9.59. The van der Waals surface area contributed by atoms with Crippen molar-refractivity contribution in [2.24, 2.45) is 0 Å². The fraction of sp³-hybridized carbons (Fsp3) is 0.519. The number of aryl methyl sites for hydroxylation is 1. The molecule has 0 radical (unpaired) electrons. The van der Waals surface area contributed by atoms with Gasteiger partial charge in [-0.1, -0.05) is 37.6 Å². The number of aliphatic hydroxyl groups excluding tert-OH is 1. The fourth-order valence-electron chi connectivity index (χ4n) is 5.14. The summed E-state index contributed by atoms with van der Waals surface area (Å²) in [6, 6.07) is 11.6. The number of H-pyrrole nitrogens is 1. The fourth-order valence-corrected chi connectivity index (χ4v) is 5.14. The molecule has 176 valence electrons. The molecule has 0 amide bonds. The first-order valence-electron chi connectivity index (χ1n) is 12.5. The monoisotopic (exact) mass is 448 g/mol. The highest BCUT2D eigenvalue weighted by molar-refractivity contribution is 5.98. The number of nitrogens with one attached hydrogen (secondary N) is 2. The quantitative estimate of drug-likeness (QED) is 0.487. The third-order valence-corrected chi connectivity index (χ3v) is 7.05. The van der Waals surface area contributed by atoms with Gasteiger partial charge in [-0.2, -0.15) is 0 Å². The van der Waals surface area contributed by atoms with E-state index in [9.17, 15) is 5.11 Å². The van der Waals surface area contributed by atoms with Crippen LogP contribution in [0.1, 0.15) is 50.3 Å². The van der Waals surface area contributed by atoms with E-state index in [-0.39, 0.29) is 6.10 Å². The summed E-state index contributed by atoms with van der Waals surface area (Å²) in [5.41, 5.74) is 7.02. The van der Waals surface area contributed by atoms with Gasteiger partial charge in [0.2, 0.25) is 0 Å². The molecule has 1 saturated carbocycles. The third-order valence-electron chi connectivity index (χ3n) is 7.05. The lowest BCUT2D eigenvalue weighted by molar-refractivity contribution is 0.0342. The summed E-state index contributed by atoms with van der Waals surface area (Å²) >= 11 is 0. The van der Waals surface area contributed by atoms with Crippen LogP contribution in [0.4, 0.5) is 5.69 Å². The highest BCUT2D eigenvalue weighted by Crippen LogP contribution is 2.36. The Morgan fingerprint density at radius 3 is 2.61 bits per heavy atom. The van der Waals surface area contributed by atoms with Gasteiger partial charge in [0.15, 0.2) is 0 Å². The van der Waals surface area contributed by atoms with E-state index in [0.717, 1.165) is 82.6 Å². The van der Waals surface area contributed by atoms with Crippen molar-refractivity contribution >= 4 is 16.7 Å². The topological polar surface area (TPSA) is 73.4 Å². The highest BCUT2D eigenvalue weighted by atomic mass is 16.5. The Balaban J connectivity index is 1.44. The second kappa shape index (κ2) is 10.2. The molecule has 0 bridgehead atoms. The van der Waals surface area contributed by atoms with Gasteiger partial charge >= 0.3 is 0 Å². The molecule has 3 aromatic rings. The van der Waals surface area contributed by atoms with Crippen molar-refractivity contribution in [3.63, 3.8) is 0 Å². The van der Waals surface area contributed by atoms with Crippen molar-refractivity contribution in [3.8, 4) is 11.1 Å². The molecule has 3 N–H and O–H groups in total. The number of aromatic amines is 1. The molecule has 1 saturated heterocycles. The molecule has 1 aliphatic heterocycles. The Labute approximate surface area is 196 Å². The molecule has 5 rings (SSSR count). The van der Waals surface area contributed by atoms with Gasteiger partial charge in [-0.3, -0.25) is 4.90 Å².